The van der Waals surface area contributed by atoms with Crippen LogP contribution in [0, 0.1) is 0 Å². The maximum atomic E-state index is 10.5. The highest BCUT2D eigenvalue weighted by molar-refractivity contribution is 5.85. The van der Waals surface area contributed by atoms with Crippen molar-refractivity contribution < 1.29 is 5.11 Å². The molecule has 108 valence electrons. The Bertz CT molecular complexity index is 727. The Balaban J connectivity index is 1.83. The number of aliphatic hydroxyl groups is 1. The Morgan fingerprint density at radius 2 is 1.95 bits per heavy atom. The van der Waals surface area contributed by atoms with E-state index in [4.69, 9.17) is 0 Å². The van der Waals surface area contributed by atoms with E-state index in [1.54, 1.807) is 6.20 Å². The van der Waals surface area contributed by atoms with Crippen LogP contribution in [0.15, 0.2) is 54.9 Å². The van der Waals surface area contributed by atoms with Crippen LogP contribution in [0.5, 0.6) is 0 Å². The zero-order valence-corrected chi connectivity index (χ0v) is 12.2. The van der Waals surface area contributed by atoms with E-state index in [-0.39, 0.29) is 0 Å². The van der Waals surface area contributed by atoms with E-state index in [0.29, 0.717) is 6.42 Å². The maximum absolute atomic E-state index is 10.5. The molecule has 1 aromatic heterocycles. The van der Waals surface area contributed by atoms with Gasteiger partial charge in [-0.2, -0.15) is 5.10 Å². The zero-order valence-electron chi connectivity index (χ0n) is 12.2. The largest absolute Gasteiger partial charge is 0.388 e. The predicted octanol–water partition coefficient (Wildman–Crippen LogP) is 3.72. The molecule has 0 aliphatic carbocycles. The second kappa shape index (κ2) is 6.10. The Kier molecular flexibility index (Phi) is 4.02. The van der Waals surface area contributed by atoms with Gasteiger partial charge in [0.1, 0.15) is 0 Å². The maximum Gasteiger partial charge on any atom is 0.0861 e. The van der Waals surface area contributed by atoms with E-state index in [9.17, 15) is 5.11 Å². The highest BCUT2D eigenvalue weighted by atomic mass is 16.3. The van der Waals surface area contributed by atoms with Gasteiger partial charge in [-0.05, 0) is 22.8 Å². The number of aryl methyl sites for hydroxylation is 1. The molecule has 0 aliphatic heterocycles. The third-order valence-corrected chi connectivity index (χ3v) is 3.78. The fraction of sp³-hybridized carbons (Fsp3) is 0.278. The third-order valence-electron chi connectivity index (χ3n) is 3.78. The van der Waals surface area contributed by atoms with Gasteiger partial charge in [0, 0.05) is 24.7 Å². The number of hydrogen-bond acceptors (Lipinski definition) is 2. The first-order valence-electron chi connectivity index (χ1n) is 7.45. The van der Waals surface area contributed by atoms with Gasteiger partial charge in [0.25, 0.3) is 0 Å². The molecule has 3 rings (SSSR count). The van der Waals surface area contributed by atoms with Crippen molar-refractivity contribution in [3.8, 4) is 0 Å². The Hall–Kier alpha value is -2.13. The lowest BCUT2D eigenvalue weighted by molar-refractivity contribution is 0.178. The van der Waals surface area contributed by atoms with Gasteiger partial charge >= 0.3 is 0 Å². The molecule has 1 unspecified atom stereocenters. The number of aromatic nitrogens is 2. The molecule has 0 fully saturated rings. The molecular weight excluding hydrogens is 260 g/mol. The first-order valence-corrected chi connectivity index (χ1v) is 7.45. The predicted molar refractivity (Wildman–Crippen MR) is 85.1 cm³/mol. The second-order valence-corrected chi connectivity index (χ2v) is 5.39. The average Bonchev–Trinajstić information content (AvgIpc) is 2.97. The third kappa shape index (κ3) is 2.98. The highest BCUT2D eigenvalue weighted by Gasteiger charge is 2.12. The van der Waals surface area contributed by atoms with Crippen molar-refractivity contribution in [1.82, 2.24) is 9.78 Å². The van der Waals surface area contributed by atoms with E-state index >= 15 is 0 Å². The Morgan fingerprint density at radius 1 is 1.14 bits per heavy atom. The fourth-order valence-electron chi connectivity index (χ4n) is 2.70. The zero-order chi connectivity index (χ0) is 14.7. The van der Waals surface area contributed by atoms with E-state index < -0.39 is 6.10 Å². The standard InChI is InChI=1S/C18H20N2O/c1-2-10-20-13-16(12-19-20)18(21)11-15-8-5-7-14-6-3-4-9-17(14)15/h3-9,12-13,18,21H,2,10-11H2,1H3. The Morgan fingerprint density at radius 3 is 2.81 bits per heavy atom. The van der Waals surface area contributed by atoms with Crippen LogP contribution in [0.2, 0.25) is 0 Å². The molecule has 1 atom stereocenters. The van der Waals surface area contributed by atoms with Crippen molar-refractivity contribution in [3.63, 3.8) is 0 Å². The van der Waals surface area contributed by atoms with Gasteiger partial charge in [0.15, 0.2) is 0 Å². The van der Waals surface area contributed by atoms with Crippen molar-refractivity contribution >= 4 is 10.8 Å². The summed E-state index contributed by atoms with van der Waals surface area (Å²) in [5.74, 6) is 0. The van der Waals surface area contributed by atoms with Gasteiger partial charge in [-0.25, -0.2) is 0 Å². The molecule has 1 N–H and O–H groups in total. The smallest absolute Gasteiger partial charge is 0.0861 e. The number of rotatable bonds is 5. The molecule has 3 aromatic rings. The summed E-state index contributed by atoms with van der Waals surface area (Å²) >= 11 is 0. The van der Waals surface area contributed by atoms with Crippen LogP contribution in [0.1, 0.15) is 30.6 Å². The first kappa shape index (κ1) is 13.8. The number of fused-ring (bicyclic) bond motifs is 1. The molecule has 3 nitrogen and oxygen atoms in total. The monoisotopic (exact) mass is 280 g/mol. The minimum absolute atomic E-state index is 0.513. The van der Waals surface area contributed by atoms with E-state index in [2.05, 4.69) is 36.3 Å². The minimum atomic E-state index is -0.513. The van der Waals surface area contributed by atoms with E-state index in [1.807, 2.05) is 29.1 Å². The van der Waals surface area contributed by atoms with Crippen molar-refractivity contribution in [1.29, 1.82) is 0 Å². The molecule has 0 radical (unpaired) electrons. The minimum Gasteiger partial charge on any atom is -0.388 e. The summed E-state index contributed by atoms with van der Waals surface area (Å²) in [6.07, 6.45) is 4.85. The van der Waals surface area contributed by atoms with Gasteiger partial charge in [0.2, 0.25) is 0 Å². The molecular formula is C18H20N2O. The van der Waals surface area contributed by atoms with Gasteiger partial charge in [0.05, 0.1) is 12.3 Å². The highest BCUT2D eigenvalue weighted by Crippen LogP contribution is 2.24. The molecule has 0 saturated heterocycles. The summed E-state index contributed by atoms with van der Waals surface area (Å²) in [6.45, 7) is 3.01. The molecule has 0 spiro atoms. The van der Waals surface area contributed by atoms with Crippen LogP contribution in [-0.4, -0.2) is 14.9 Å². The second-order valence-electron chi connectivity index (χ2n) is 5.39. The summed E-state index contributed by atoms with van der Waals surface area (Å²) in [5, 5.41) is 17.2. The summed E-state index contributed by atoms with van der Waals surface area (Å²) in [6, 6.07) is 14.5. The Labute approximate surface area is 124 Å². The molecule has 3 heteroatoms. The van der Waals surface area contributed by atoms with Gasteiger partial charge in [-0.3, -0.25) is 4.68 Å². The lowest BCUT2D eigenvalue weighted by Crippen LogP contribution is -2.02. The molecule has 0 amide bonds. The molecule has 2 aromatic carbocycles. The first-order chi connectivity index (χ1) is 10.3. The molecule has 0 bridgehead atoms. The summed E-state index contributed by atoms with van der Waals surface area (Å²) in [5.41, 5.74) is 2.06. The number of hydrogen-bond donors (Lipinski definition) is 1. The summed E-state index contributed by atoms with van der Waals surface area (Å²) in [7, 11) is 0. The van der Waals surface area contributed by atoms with E-state index in [1.165, 1.54) is 16.3 Å². The molecule has 0 aliphatic rings. The van der Waals surface area contributed by atoms with Crippen molar-refractivity contribution in [3.05, 3.63) is 66.0 Å². The van der Waals surface area contributed by atoms with Crippen LogP contribution >= 0.6 is 0 Å². The van der Waals surface area contributed by atoms with Gasteiger partial charge in [-0.15, -0.1) is 0 Å². The van der Waals surface area contributed by atoms with Crippen LogP contribution in [0.3, 0.4) is 0 Å². The quantitative estimate of drug-likeness (QED) is 0.773. The molecule has 21 heavy (non-hydrogen) atoms. The van der Waals surface area contributed by atoms with Gasteiger partial charge in [-0.1, -0.05) is 49.4 Å². The van der Waals surface area contributed by atoms with Crippen LogP contribution in [-0.2, 0) is 13.0 Å². The normalized spacial score (nSPS) is 12.7. The van der Waals surface area contributed by atoms with Crippen LogP contribution in [0.25, 0.3) is 10.8 Å². The SMILES string of the molecule is CCCn1cc(C(O)Cc2cccc3ccccc23)cn1. The number of nitrogens with zero attached hydrogens (tertiary/aromatic N) is 2. The number of benzene rings is 2. The lowest BCUT2D eigenvalue weighted by atomic mass is 9.98. The van der Waals surface area contributed by atoms with Crippen LogP contribution < -0.4 is 0 Å². The van der Waals surface area contributed by atoms with Crippen molar-refractivity contribution in [2.75, 3.05) is 0 Å². The van der Waals surface area contributed by atoms with Gasteiger partial charge < -0.3 is 5.11 Å². The average molecular weight is 280 g/mol. The lowest BCUT2D eigenvalue weighted by Gasteiger charge is -2.11. The summed E-state index contributed by atoms with van der Waals surface area (Å²) < 4.78 is 1.89. The summed E-state index contributed by atoms with van der Waals surface area (Å²) in [4.78, 5) is 0. The van der Waals surface area contributed by atoms with E-state index in [0.717, 1.165) is 18.5 Å². The number of aliphatic hydroxyl groups excluding tert-OH is 1. The van der Waals surface area contributed by atoms with Crippen molar-refractivity contribution in [2.24, 2.45) is 0 Å². The van der Waals surface area contributed by atoms with Crippen molar-refractivity contribution in [2.45, 2.75) is 32.4 Å². The molecule has 0 saturated carbocycles. The topological polar surface area (TPSA) is 38.0 Å². The van der Waals surface area contributed by atoms with Crippen LogP contribution in [0.4, 0.5) is 0 Å². The molecule has 1 heterocycles. The fourth-order valence-corrected chi connectivity index (χ4v) is 2.70.